The Morgan fingerprint density at radius 2 is 1.70 bits per heavy atom. The summed E-state index contributed by atoms with van der Waals surface area (Å²) in [7, 11) is 3.99. The maximum atomic E-state index is 12.5. The minimum Gasteiger partial charge on any atom is -0.378 e. The molecule has 0 aliphatic carbocycles. The first-order valence-electron chi connectivity index (χ1n) is 8.38. The van der Waals surface area contributed by atoms with Gasteiger partial charge >= 0.3 is 0 Å². The number of halogens is 1. The maximum absolute atomic E-state index is 12.5. The molecular formula is C21H19BrN2O2S. The summed E-state index contributed by atoms with van der Waals surface area (Å²) < 4.78 is 0.962. The number of hydrogen-bond acceptors (Lipinski definition) is 4. The van der Waals surface area contributed by atoms with E-state index < -0.39 is 0 Å². The molecule has 0 spiro atoms. The number of imide groups is 1. The van der Waals surface area contributed by atoms with E-state index in [9.17, 15) is 9.59 Å². The van der Waals surface area contributed by atoms with Crippen LogP contribution in [0, 0.1) is 0 Å². The zero-order valence-corrected chi connectivity index (χ0v) is 17.5. The zero-order valence-electron chi connectivity index (χ0n) is 15.1. The Kier molecular flexibility index (Phi) is 6.19. The van der Waals surface area contributed by atoms with Crippen LogP contribution in [0.2, 0.25) is 0 Å². The Labute approximate surface area is 171 Å². The second-order valence-corrected chi connectivity index (χ2v) is 8.17. The standard InChI is InChI=1S/C21H19BrN2O2S/c1-23(2)18-12-8-15(9-13-18)4-3-5-19-20(25)24(21(26)27-19)14-16-6-10-17(22)11-7-16/h3-13H,14H2,1-2H3/b4-3+,19-5-. The van der Waals surface area contributed by atoms with E-state index in [1.165, 1.54) is 4.90 Å². The van der Waals surface area contributed by atoms with Gasteiger partial charge in [0.15, 0.2) is 0 Å². The van der Waals surface area contributed by atoms with Crippen molar-refractivity contribution in [1.82, 2.24) is 4.90 Å². The van der Waals surface area contributed by atoms with Crippen molar-refractivity contribution in [2.45, 2.75) is 6.54 Å². The van der Waals surface area contributed by atoms with Gasteiger partial charge in [-0.25, -0.2) is 0 Å². The van der Waals surface area contributed by atoms with E-state index >= 15 is 0 Å². The average Bonchev–Trinajstić information content (AvgIpc) is 2.91. The lowest BCUT2D eigenvalue weighted by atomic mass is 10.2. The number of hydrogen-bond donors (Lipinski definition) is 0. The number of nitrogens with zero attached hydrogens (tertiary/aromatic N) is 2. The van der Waals surface area contributed by atoms with E-state index in [1.807, 2.05) is 73.6 Å². The number of allylic oxidation sites excluding steroid dienone is 2. The van der Waals surface area contributed by atoms with Gasteiger partial charge in [0.1, 0.15) is 0 Å². The molecule has 3 rings (SSSR count). The van der Waals surface area contributed by atoms with Crippen molar-refractivity contribution in [2.75, 3.05) is 19.0 Å². The molecule has 1 heterocycles. The Hall–Kier alpha value is -2.31. The molecule has 1 saturated heterocycles. The number of carbonyl (C=O) groups is 2. The molecular weight excluding hydrogens is 424 g/mol. The summed E-state index contributed by atoms with van der Waals surface area (Å²) in [5.74, 6) is -0.250. The molecule has 27 heavy (non-hydrogen) atoms. The number of amides is 2. The van der Waals surface area contributed by atoms with Gasteiger partial charge in [0, 0.05) is 24.3 Å². The second-order valence-electron chi connectivity index (χ2n) is 6.26. The molecule has 2 aromatic carbocycles. The first-order chi connectivity index (χ1) is 12.9. The lowest BCUT2D eigenvalue weighted by Gasteiger charge is -2.12. The topological polar surface area (TPSA) is 40.6 Å². The minimum atomic E-state index is -0.250. The molecule has 0 bridgehead atoms. The van der Waals surface area contributed by atoms with Crippen molar-refractivity contribution in [3.63, 3.8) is 0 Å². The summed E-state index contributed by atoms with van der Waals surface area (Å²) >= 11 is 4.36. The summed E-state index contributed by atoms with van der Waals surface area (Å²) in [5, 5.41) is -0.238. The Morgan fingerprint density at radius 1 is 1.04 bits per heavy atom. The molecule has 0 N–H and O–H groups in total. The van der Waals surface area contributed by atoms with Gasteiger partial charge in [0.05, 0.1) is 11.4 Å². The minimum absolute atomic E-state index is 0.238. The van der Waals surface area contributed by atoms with Gasteiger partial charge in [-0.2, -0.15) is 0 Å². The predicted molar refractivity (Wildman–Crippen MR) is 116 cm³/mol. The molecule has 4 nitrogen and oxygen atoms in total. The summed E-state index contributed by atoms with van der Waals surface area (Å²) in [6.45, 7) is 0.283. The fraction of sp³-hybridized carbons (Fsp3) is 0.143. The van der Waals surface area contributed by atoms with Crippen molar-refractivity contribution in [1.29, 1.82) is 0 Å². The Morgan fingerprint density at radius 3 is 2.33 bits per heavy atom. The molecule has 6 heteroatoms. The van der Waals surface area contributed by atoms with Gasteiger partial charge in [-0.05, 0) is 53.2 Å². The number of rotatable bonds is 5. The summed E-state index contributed by atoms with van der Waals surface area (Å²) in [5.41, 5.74) is 3.07. The van der Waals surface area contributed by atoms with Crippen LogP contribution in [0.5, 0.6) is 0 Å². The summed E-state index contributed by atoms with van der Waals surface area (Å²) in [4.78, 5) is 28.5. The van der Waals surface area contributed by atoms with E-state index in [0.29, 0.717) is 4.91 Å². The molecule has 0 saturated carbocycles. The van der Waals surface area contributed by atoms with E-state index in [-0.39, 0.29) is 17.7 Å². The van der Waals surface area contributed by atoms with Gasteiger partial charge in [-0.1, -0.05) is 52.3 Å². The molecule has 1 aliphatic heterocycles. The molecule has 0 aromatic heterocycles. The van der Waals surface area contributed by atoms with Gasteiger partial charge in [-0.15, -0.1) is 0 Å². The SMILES string of the molecule is CN(C)c1ccc(/C=C/C=C2\SC(=O)N(Cc3ccc(Br)cc3)C2=O)cc1. The number of anilines is 1. The van der Waals surface area contributed by atoms with Crippen LogP contribution in [0.15, 0.2) is 70.1 Å². The van der Waals surface area contributed by atoms with E-state index in [1.54, 1.807) is 12.2 Å². The van der Waals surface area contributed by atoms with Gasteiger partial charge < -0.3 is 4.90 Å². The highest BCUT2D eigenvalue weighted by molar-refractivity contribution is 9.10. The van der Waals surface area contributed by atoms with Crippen molar-refractivity contribution in [2.24, 2.45) is 0 Å². The van der Waals surface area contributed by atoms with Crippen LogP contribution in [0.1, 0.15) is 11.1 Å². The van der Waals surface area contributed by atoms with E-state index in [2.05, 4.69) is 15.9 Å². The fourth-order valence-electron chi connectivity index (χ4n) is 2.55. The smallest absolute Gasteiger partial charge is 0.293 e. The molecule has 0 radical (unpaired) electrons. The number of thioether (sulfide) groups is 1. The monoisotopic (exact) mass is 442 g/mol. The first kappa shape index (κ1) is 19.5. The first-order valence-corrected chi connectivity index (χ1v) is 9.99. The maximum Gasteiger partial charge on any atom is 0.293 e. The zero-order chi connectivity index (χ0) is 19.4. The second kappa shape index (κ2) is 8.59. The molecule has 1 fully saturated rings. The fourth-order valence-corrected chi connectivity index (χ4v) is 3.61. The summed E-state index contributed by atoms with van der Waals surface area (Å²) in [6.07, 6.45) is 5.43. The van der Waals surface area contributed by atoms with E-state index in [0.717, 1.165) is 33.0 Å². The highest BCUT2D eigenvalue weighted by Crippen LogP contribution is 2.32. The molecule has 0 atom stereocenters. The largest absolute Gasteiger partial charge is 0.378 e. The normalized spacial score (nSPS) is 16.0. The molecule has 0 unspecified atom stereocenters. The average molecular weight is 443 g/mol. The van der Waals surface area contributed by atoms with Crippen molar-refractivity contribution < 1.29 is 9.59 Å². The van der Waals surface area contributed by atoms with Crippen molar-refractivity contribution >= 4 is 50.6 Å². The third-order valence-corrected chi connectivity index (χ3v) is 5.53. The molecule has 2 amide bonds. The van der Waals surface area contributed by atoms with E-state index in [4.69, 9.17) is 0 Å². The Bertz CT molecular complexity index is 903. The van der Waals surface area contributed by atoms with Crippen LogP contribution in [0.25, 0.3) is 6.08 Å². The van der Waals surface area contributed by atoms with Crippen LogP contribution in [0.3, 0.4) is 0 Å². The lowest BCUT2D eigenvalue weighted by molar-refractivity contribution is -0.123. The van der Waals surface area contributed by atoms with Crippen LogP contribution in [-0.4, -0.2) is 30.1 Å². The number of benzene rings is 2. The molecule has 138 valence electrons. The van der Waals surface area contributed by atoms with Crippen LogP contribution < -0.4 is 4.90 Å². The lowest BCUT2D eigenvalue weighted by Crippen LogP contribution is -2.27. The van der Waals surface area contributed by atoms with Crippen LogP contribution >= 0.6 is 27.7 Å². The Balaban J connectivity index is 1.67. The van der Waals surface area contributed by atoms with Crippen molar-refractivity contribution in [3.8, 4) is 0 Å². The highest BCUT2D eigenvalue weighted by Gasteiger charge is 2.34. The predicted octanol–water partition coefficient (Wildman–Crippen LogP) is 5.31. The third-order valence-electron chi connectivity index (χ3n) is 4.07. The quantitative estimate of drug-likeness (QED) is 0.588. The van der Waals surface area contributed by atoms with Gasteiger partial charge in [0.25, 0.3) is 11.1 Å². The highest BCUT2D eigenvalue weighted by atomic mass is 79.9. The van der Waals surface area contributed by atoms with Gasteiger partial charge in [0.2, 0.25) is 0 Å². The molecule has 2 aromatic rings. The summed E-state index contributed by atoms with van der Waals surface area (Å²) in [6, 6.07) is 15.7. The van der Waals surface area contributed by atoms with Crippen molar-refractivity contribution in [3.05, 3.63) is 81.2 Å². The molecule has 1 aliphatic rings. The van der Waals surface area contributed by atoms with Crippen LogP contribution in [0.4, 0.5) is 10.5 Å². The van der Waals surface area contributed by atoms with Crippen LogP contribution in [-0.2, 0) is 11.3 Å². The third kappa shape index (κ3) is 4.90. The number of carbonyl (C=O) groups excluding carboxylic acids is 2. The van der Waals surface area contributed by atoms with Gasteiger partial charge in [-0.3, -0.25) is 14.5 Å².